The van der Waals surface area contributed by atoms with E-state index in [1.54, 1.807) is 12.1 Å². The first-order chi connectivity index (χ1) is 11.9. The molecule has 0 radical (unpaired) electrons. The van der Waals surface area contributed by atoms with E-state index in [1.807, 2.05) is 31.2 Å². The molecule has 1 heterocycles. The number of carbonyl (C=O) groups is 1. The SMILES string of the molecule is Cc1ccc(S(=O)(=O)NC(CC2CNc3ccccc32)C(=O)O)cc1. The first-order valence-electron chi connectivity index (χ1n) is 8.01. The number of hydrogen-bond acceptors (Lipinski definition) is 4. The largest absolute Gasteiger partial charge is 0.480 e. The molecule has 0 fully saturated rings. The van der Waals surface area contributed by atoms with E-state index in [9.17, 15) is 18.3 Å². The molecular weight excluding hydrogens is 340 g/mol. The molecule has 0 aromatic heterocycles. The van der Waals surface area contributed by atoms with Crippen molar-refractivity contribution in [2.75, 3.05) is 11.9 Å². The molecule has 3 rings (SSSR count). The lowest BCUT2D eigenvalue weighted by molar-refractivity contribution is -0.139. The number of benzene rings is 2. The molecule has 25 heavy (non-hydrogen) atoms. The Morgan fingerprint density at radius 2 is 1.92 bits per heavy atom. The molecule has 0 aliphatic carbocycles. The Balaban J connectivity index is 1.78. The van der Waals surface area contributed by atoms with E-state index in [0.717, 1.165) is 16.8 Å². The van der Waals surface area contributed by atoms with Gasteiger partial charge in [-0.1, -0.05) is 35.9 Å². The van der Waals surface area contributed by atoms with Gasteiger partial charge in [0.15, 0.2) is 0 Å². The van der Waals surface area contributed by atoms with Crippen LogP contribution in [0.2, 0.25) is 0 Å². The summed E-state index contributed by atoms with van der Waals surface area (Å²) >= 11 is 0. The molecule has 1 aliphatic heterocycles. The summed E-state index contributed by atoms with van der Waals surface area (Å²) in [7, 11) is -3.89. The third-order valence-electron chi connectivity index (χ3n) is 4.39. The van der Waals surface area contributed by atoms with Crippen LogP contribution >= 0.6 is 0 Å². The van der Waals surface area contributed by atoms with Crippen molar-refractivity contribution in [1.29, 1.82) is 0 Å². The second kappa shape index (κ2) is 6.85. The zero-order valence-corrected chi connectivity index (χ0v) is 14.6. The normalized spacial score (nSPS) is 17.6. The van der Waals surface area contributed by atoms with E-state index in [4.69, 9.17) is 0 Å². The summed E-state index contributed by atoms with van der Waals surface area (Å²) in [4.78, 5) is 11.7. The third-order valence-corrected chi connectivity index (χ3v) is 5.87. The van der Waals surface area contributed by atoms with Crippen molar-refractivity contribution < 1.29 is 18.3 Å². The Labute approximate surface area is 146 Å². The number of para-hydroxylation sites is 1. The van der Waals surface area contributed by atoms with Crippen molar-refractivity contribution in [1.82, 2.24) is 4.72 Å². The number of aliphatic carboxylic acids is 1. The second-order valence-electron chi connectivity index (χ2n) is 6.23. The summed E-state index contributed by atoms with van der Waals surface area (Å²) in [6, 6.07) is 12.8. The van der Waals surface area contributed by atoms with Crippen molar-refractivity contribution in [3.63, 3.8) is 0 Å². The average molecular weight is 360 g/mol. The van der Waals surface area contributed by atoms with Crippen molar-refractivity contribution in [2.24, 2.45) is 0 Å². The van der Waals surface area contributed by atoms with Gasteiger partial charge in [-0.15, -0.1) is 0 Å². The molecule has 0 saturated carbocycles. The van der Waals surface area contributed by atoms with Crippen LogP contribution < -0.4 is 10.0 Å². The van der Waals surface area contributed by atoms with Crippen LogP contribution in [0.25, 0.3) is 0 Å². The third kappa shape index (κ3) is 3.83. The van der Waals surface area contributed by atoms with Crippen molar-refractivity contribution in [3.05, 3.63) is 59.7 Å². The fourth-order valence-electron chi connectivity index (χ4n) is 3.02. The minimum absolute atomic E-state index is 0.0574. The highest BCUT2D eigenvalue weighted by atomic mass is 32.2. The topological polar surface area (TPSA) is 95.5 Å². The maximum atomic E-state index is 12.5. The second-order valence-corrected chi connectivity index (χ2v) is 7.94. The lowest BCUT2D eigenvalue weighted by atomic mass is 9.94. The molecule has 0 saturated heterocycles. The Morgan fingerprint density at radius 1 is 1.24 bits per heavy atom. The van der Waals surface area contributed by atoms with Gasteiger partial charge in [0.1, 0.15) is 6.04 Å². The minimum Gasteiger partial charge on any atom is -0.480 e. The van der Waals surface area contributed by atoms with Gasteiger partial charge in [-0.3, -0.25) is 4.79 Å². The summed E-state index contributed by atoms with van der Waals surface area (Å²) in [6.45, 7) is 2.45. The van der Waals surface area contributed by atoms with Gasteiger partial charge < -0.3 is 10.4 Å². The zero-order chi connectivity index (χ0) is 18.0. The van der Waals surface area contributed by atoms with Gasteiger partial charge in [-0.05, 0) is 37.1 Å². The van der Waals surface area contributed by atoms with Gasteiger partial charge in [0.25, 0.3) is 0 Å². The summed E-state index contributed by atoms with van der Waals surface area (Å²) in [6.07, 6.45) is 0.185. The van der Waals surface area contributed by atoms with Crippen molar-refractivity contribution in [2.45, 2.75) is 30.2 Å². The van der Waals surface area contributed by atoms with Crippen LogP contribution in [0.15, 0.2) is 53.4 Å². The maximum Gasteiger partial charge on any atom is 0.321 e. The zero-order valence-electron chi connectivity index (χ0n) is 13.8. The number of carboxylic acids is 1. The lowest BCUT2D eigenvalue weighted by Gasteiger charge is -2.18. The van der Waals surface area contributed by atoms with Gasteiger partial charge >= 0.3 is 5.97 Å². The van der Waals surface area contributed by atoms with Gasteiger partial charge in [0, 0.05) is 18.2 Å². The molecule has 0 spiro atoms. The molecule has 2 aromatic carbocycles. The summed E-state index contributed by atoms with van der Waals surface area (Å²) in [5.74, 6) is -1.24. The minimum atomic E-state index is -3.89. The predicted octanol–water partition coefficient (Wildman–Crippen LogP) is 2.33. The maximum absolute atomic E-state index is 12.5. The summed E-state index contributed by atoms with van der Waals surface area (Å²) in [5.41, 5.74) is 2.92. The highest BCUT2D eigenvalue weighted by Gasteiger charge is 2.31. The van der Waals surface area contributed by atoms with Crippen molar-refractivity contribution >= 4 is 21.7 Å². The number of hydrogen-bond donors (Lipinski definition) is 3. The standard InChI is InChI=1S/C18H20N2O4S/c1-12-6-8-14(9-7-12)25(23,24)20-17(18(21)22)10-13-11-19-16-5-3-2-4-15(13)16/h2-9,13,17,19-20H,10-11H2,1H3,(H,21,22). The molecule has 3 N–H and O–H groups in total. The van der Waals surface area contributed by atoms with Crippen LogP contribution in [0.1, 0.15) is 23.5 Å². The molecular formula is C18H20N2O4S. The average Bonchev–Trinajstić information content (AvgIpc) is 2.97. The fourth-order valence-corrected chi connectivity index (χ4v) is 4.23. The monoisotopic (exact) mass is 360 g/mol. The van der Waals surface area contributed by atoms with Crippen LogP contribution in [0, 0.1) is 6.92 Å². The fraction of sp³-hybridized carbons (Fsp3) is 0.278. The molecule has 2 atom stereocenters. The molecule has 0 amide bonds. The number of sulfonamides is 1. The molecule has 2 aromatic rings. The molecule has 132 valence electrons. The number of fused-ring (bicyclic) bond motifs is 1. The van der Waals surface area contributed by atoms with Crippen LogP contribution in [0.4, 0.5) is 5.69 Å². The number of carboxylic acid groups (broad SMARTS) is 1. The summed E-state index contributed by atoms with van der Waals surface area (Å²) in [5, 5.41) is 12.7. The van der Waals surface area contributed by atoms with E-state index in [1.165, 1.54) is 12.1 Å². The Bertz CT molecular complexity index is 878. The van der Waals surface area contributed by atoms with E-state index in [-0.39, 0.29) is 17.2 Å². The number of anilines is 1. The van der Waals surface area contributed by atoms with E-state index in [0.29, 0.717) is 6.54 Å². The van der Waals surface area contributed by atoms with Crippen LogP contribution in [-0.2, 0) is 14.8 Å². The predicted molar refractivity (Wildman–Crippen MR) is 95.2 cm³/mol. The van der Waals surface area contributed by atoms with Crippen LogP contribution in [0.5, 0.6) is 0 Å². The van der Waals surface area contributed by atoms with Gasteiger partial charge in [0.05, 0.1) is 4.90 Å². The molecule has 7 heteroatoms. The first-order valence-corrected chi connectivity index (χ1v) is 9.50. The highest BCUT2D eigenvalue weighted by molar-refractivity contribution is 7.89. The number of rotatable bonds is 6. The van der Waals surface area contributed by atoms with E-state index < -0.39 is 22.0 Å². The molecule has 1 aliphatic rings. The van der Waals surface area contributed by atoms with Gasteiger partial charge in [-0.2, -0.15) is 4.72 Å². The number of nitrogens with one attached hydrogen (secondary N) is 2. The summed E-state index contributed by atoms with van der Waals surface area (Å²) < 4.78 is 27.3. The Morgan fingerprint density at radius 3 is 2.60 bits per heavy atom. The quantitative estimate of drug-likeness (QED) is 0.735. The molecule has 6 nitrogen and oxygen atoms in total. The van der Waals surface area contributed by atoms with Gasteiger partial charge in [0.2, 0.25) is 10.0 Å². The molecule has 2 unspecified atom stereocenters. The van der Waals surface area contributed by atoms with Crippen molar-refractivity contribution in [3.8, 4) is 0 Å². The van der Waals surface area contributed by atoms with Crippen LogP contribution in [0.3, 0.4) is 0 Å². The lowest BCUT2D eigenvalue weighted by Crippen LogP contribution is -2.41. The van der Waals surface area contributed by atoms with E-state index in [2.05, 4.69) is 10.0 Å². The Hall–Kier alpha value is -2.38. The highest BCUT2D eigenvalue weighted by Crippen LogP contribution is 2.34. The first kappa shape index (κ1) is 17.4. The van der Waals surface area contributed by atoms with Gasteiger partial charge in [-0.25, -0.2) is 8.42 Å². The van der Waals surface area contributed by atoms with E-state index >= 15 is 0 Å². The van der Waals surface area contributed by atoms with Crippen LogP contribution in [-0.4, -0.2) is 32.1 Å². The smallest absolute Gasteiger partial charge is 0.321 e. The number of aryl methyl sites for hydroxylation is 1. The Kier molecular flexibility index (Phi) is 4.78. The molecule has 0 bridgehead atoms.